The molecule has 0 spiro atoms. The lowest BCUT2D eigenvalue weighted by molar-refractivity contribution is -0.200. The average molecular weight is 328 g/mol. The van der Waals surface area contributed by atoms with Crippen LogP contribution < -0.4 is 0 Å². The molecule has 3 amide bonds. The number of amides is 3. The number of hydroxylamine groups is 2. The Bertz CT molecular complexity index is 524. The summed E-state index contributed by atoms with van der Waals surface area (Å²) in [5, 5.41) is 10.1. The minimum Gasteiger partial charge on any atom is -0.444 e. The van der Waals surface area contributed by atoms with E-state index in [0.717, 1.165) is 4.90 Å². The van der Waals surface area contributed by atoms with Crippen molar-refractivity contribution in [2.45, 2.75) is 57.8 Å². The Morgan fingerprint density at radius 1 is 1.17 bits per heavy atom. The van der Waals surface area contributed by atoms with Crippen LogP contribution in [0.2, 0.25) is 0 Å². The second-order valence-corrected chi connectivity index (χ2v) is 6.53. The van der Waals surface area contributed by atoms with Crippen molar-refractivity contribution in [3.8, 4) is 0 Å². The molecule has 2 atom stereocenters. The quantitative estimate of drug-likeness (QED) is 0.708. The molecule has 2 aliphatic rings. The minimum atomic E-state index is -1.11. The summed E-state index contributed by atoms with van der Waals surface area (Å²) >= 11 is 0. The number of ether oxygens (including phenoxy) is 1. The summed E-state index contributed by atoms with van der Waals surface area (Å²) in [5.41, 5.74) is -0.764. The van der Waals surface area contributed by atoms with Crippen LogP contribution in [0, 0.1) is 0 Å². The van der Waals surface area contributed by atoms with Crippen molar-refractivity contribution in [2.24, 2.45) is 0 Å². The zero-order valence-electron chi connectivity index (χ0n) is 13.3. The van der Waals surface area contributed by atoms with Crippen molar-refractivity contribution >= 4 is 23.9 Å². The number of rotatable bonds is 2. The SMILES string of the molecule is CC(C)(C)OC(=O)N1C[C@@H](O)C[C@H]1C(=O)ON1C(=O)CCC1=O. The van der Waals surface area contributed by atoms with Gasteiger partial charge in [0, 0.05) is 19.3 Å². The Morgan fingerprint density at radius 3 is 2.26 bits per heavy atom. The maximum Gasteiger partial charge on any atom is 0.411 e. The first kappa shape index (κ1) is 17.2. The molecule has 9 heteroatoms. The molecule has 128 valence electrons. The Hall–Kier alpha value is -2.16. The van der Waals surface area contributed by atoms with E-state index in [4.69, 9.17) is 9.57 Å². The number of likely N-dealkylation sites (tertiary alicyclic amines) is 1. The highest BCUT2D eigenvalue weighted by Gasteiger charge is 2.44. The summed E-state index contributed by atoms with van der Waals surface area (Å²) in [6, 6.07) is -1.11. The van der Waals surface area contributed by atoms with Crippen LogP contribution in [0.4, 0.5) is 4.79 Å². The van der Waals surface area contributed by atoms with Gasteiger partial charge in [-0.25, -0.2) is 9.59 Å². The summed E-state index contributed by atoms with van der Waals surface area (Å²) in [5.74, 6) is -2.16. The van der Waals surface area contributed by atoms with E-state index in [2.05, 4.69) is 0 Å². The van der Waals surface area contributed by atoms with E-state index in [1.165, 1.54) is 0 Å². The van der Waals surface area contributed by atoms with Crippen molar-refractivity contribution < 1.29 is 33.9 Å². The van der Waals surface area contributed by atoms with Gasteiger partial charge in [0.25, 0.3) is 11.8 Å². The van der Waals surface area contributed by atoms with E-state index >= 15 is 0 Å². The highest BCUT2D eigenvalue weighted by atomic mass is 16.7. The number of hydrogen-bond donors (Lipinski definition) is 1. The molecule has 0 bridgehead atoms. The molecule has 0 saturated carbocycles. The number of aliphatic hydroxyl groups is 1. The Balaban J connectivity index is 2.06. The van der Waals surface area contributed by atoms with Gasteiger partial charge in [-0.15, -0.1) is 5.06 Å². The van der Waals surface area contributed by atoms with E-state index in [9.17, 15) is 24.3 Å². The van der Waals surface area contributed by atoms with Gasteiger partial charge in [-0.05, 0) is 20.8 Å². The van der Waals surface area contributed by atoms with Gasteiger partial charge in [-0.1, -0.05) is 0 Å². The van der Waals surface area contributed by atoms with Gasteiger partial charge < -0.3 is 14.7 Å². The second kappa shape index (κ2) is 6.15. The standard InChI is InChI=1S/C14H20N2O7/c1-14(2,3)22-13(21)15-7-8(17)6-9(15)12(20)23-16-10(18)4-5-11(16)19/h8-9,17H,4-7H2,1-3H3/t8-,9-/m0/s1. The van der Waals surface area contributed by atoms with Crippen LogP contribution in [0.1, 0.15) is 40.0 Å². The fourth-order valence-electron chi connectivity index (χ4n) is 2.37. The summed E-state index contributed by atoms with van der Waals surface area (Å²) in [7, 11) is 0. The first-order valence-corrected chi connectivity index (χ1v) is 7.34. The van der Waals surface area contributed by atoms with Crippen LogP contribution in [0.3, 0.4) is 0 Å². The first-order chi connectivity index (χ1) is 10.6. The maximum absolute atomic E-state index is 12.2. The van der Waals surface area contributed by atoms with Gasteiger partial charge in [-0.3, -0.25) is 14.5 Å². The number of imide groups is 1. The van der Waals surface area contributed by atoms with Gasteiger partial charge >= 0.3 is 12.1 Å². The predicted molar refractivity (Wildman–Crippen MR) is 74.5 cm³/mol. The number of aliphatic hydroxyl groups excluding tert-OH is 1. The van der Waals surface area contributed by atoms with Gasteiger partial charge in [0.15, 0.2) is 0 Å². The minimum absolute atomic E-state index is 0.0187. The number of β-amino-alcohol motifs (C(OH)–C–C–N with tert-alkyl or cyclic N) is 1. The van der Waals surface area contributed by atoms with Gasteiger partial charge in [0.2, 0.25) is 0 Å². The molecular formula is C14H20N2O7. The highest BCUT2D eigenvalue weighted by Crippen LogP contribution is 2.23. The average Bonchev–Trinajstić information content (AvgIpc) is 2.94. The highest BCUT2D eigenvalue weighted by molar-refractivity contribution is 6.01. The van der Waals surface area contributed by atoms with E-state index in [1.54, 1.807) is 20.8 Å². The summed E-state index contributed by atoms with van der Waals surface area (Å²) in [6.45, 7) is 4.93. The van der Waals surface area contributed by atoms with Crippen molar-refractivity contribution in [1.82, 2.24) is 9.96 Å². The van der Waals surface area contributed by atoms with Crippen LogP contribution in [0.5, 0.6) is 0 Å². The molecule has 0 aromatic rings. The summed E-state index contributed by atoms with van der Waals surface area (Å²) < 4.78 is 5.18. The molecule has 2 aliphatic heterocycles. The molecule has 2 fully saturated rings. The fraction of sp³-hybridized carbons (Fsp3) is 0.714. The van der Waals surface area contributed by atoms with Crippen LogP contribution in [0.25, 0.3) is 0 Å². The monoisotopic (exact) mass is 328 g/mol. The third-order valence-electron chi connectivity index (χ3n) is 3.37. The molecule has 23 heavy (non-hydrogen) atoms. The zero-order chi connectivity index (χ0) is 17.4. The van der Waals surface area contributed by atoms with Crippen LogP contribution in [-0.2, 0) is 24.0 Å². The van der Waals surface area contributed by atoms with E-state index < -0.39 is 41.6 Å². The maximum atomic E-state index is 12.2. The summed E-state index contributed by atoms with van der Waals surface area (Å²) in [4.78, 5) is 53.1. The van der Waals surface area contributed by atoms with Crippen molar-refractivity contribution in [3.63, 3.8) is 0 Å². The lowest BCUT2D eigenvalue weighted by Crippen LogP contribution is -2.46. The molecular weight excluding hydrogens is 308 g/mol. The molecule has 1 N–H and O–H groups in total. The van der Waals surface area contributed by atoms with Crippen LogP contribution >= 0.6 is 0 Å². The lowest BCUT2D eigenvalue weighted by atomic mass is 10.2. The third-order valence-corrected chi connectivity index (χ3v) is 3.37. The molecule has 2 rings (SSSR count). The normalized spacial score (nSPS) is 25.0. The van der Waals surface area contributed by atoms with Gasteiger partial charge in [-0.2, -0.15) is 0 Å². The Kier molecular flexibility index (Phi) is 4.60. The van der Waals surface area contributed by atoms with Crippen molar-refractivity contribution in [1.29, 1.82) is 0 Å². The number of nitrogens with zero attached hydrogens (tertiary/aromatic N) is 2. The van der Waals surface area contributed by atoms with E-state index in [0.29, 0.717) is 5.06 Å². The van der Waals surface area contributed by atoms with Gasteiger partial charge in [0.05, 0.1) is 12.6 Å². The summed E-state index contributed by atoms with van der Waals surface area (Å²) in [6.07, 6.45) is -1.77. The Labute approximate surface area is 133 Å². The lowest BCUT2D eigenvalue weighted by Gasteiger charge is -2.27. The molecule has 0 aromatic heterocycles. The third kappa shape index (κ3) is 3.98. The molecule has 2 heterocycles. The molecule has 0 aromatic carbocycles. The van der Waals surface area contributed by atoms with E-state index in [-0.39, 0.29) is 25.8 Å². The largest absolute Gasteiger partial charge is 0.444 e. The molecule has 0 radical (unpaired) electrons. The van der Waals surface area contributed by atoms with E-state index in [1.807, 2.05) is 0 Å². The molecule has 9 nitrogen and oxygen atoms in total. The number of carbonyl (C=O) groups is 4. The topological polar surface area (TPSA) is 113 Å². The predicted octanol–water partition coefficient (Wildman–Crippen LogP) is -0.0361. The van der Waals surface area contributed by atoms with Gasteiger partial charge in [0.1, 0.15) is 11.6 Å². The van der Waals surface area contributed by atoms with Crippen LogP contribution in [0.15, 0.2) is 0 Å². The molecule has 0 unspecified atom stereocenters. The first-order valence-electron chi connectivity index (χ1n) is 7.34. The smallest absolute Gasteiger partial charge is 0.411 e. The fourth-order valence-corrected chi connectivity index (χ4v) is 2.37. The number of carbonyl (C=O) groups excluding carboxylic acids is 4. The Morgan fingerprint density at radius 2 is 1.74 bits per heavy atom. The van der Waals surface area contributed by atoms with Crippen molar-refractivity contribution in [3.05, 3.63) is 0 Å². The van der Waals surface area contributed by atoms with Crippen molar-refractivity contribution in [2.75, 3.05) is 6.54 Å². The second-order valence-electron chi connectivity index (χ2n) is 6.53. The molecule has 0 aliphatic carbocycles. The zero-order valence-corrected chi connectivity index (χ0v) is 13.3. The number of hydrogen-bond acceptors (Lipinski definition) is 7. The molecule has 2 saturated heterocycles. The van der Waals surface area contributed by atoms with Crippen LogP contribution in [-0.4, -0.2) is 63.2 Å².